The standard InChI is InChI=1S/C11H22N2/c1-12(2)10-4-5-11(8-10)6-7-13(3)9-11/h10H,4-9H2,1-3H3. The molecule has 0 aromatic rings. The first-order chi connectivity index (χ1) is 6.11. The zero-order chi connectivity index (χ0) is 9.47. The van der Waals surface area contributed by atoms with Gasteiger partial charge in [-0.25, -0.2) is 0 Å². The van der Waals surface area contributed by atoms with Gasteiger partial charge in [-0.2, -0.15) is 0 Å². The van der Waals surface area contributed by atoms with Crippen LogP contribution >= 0.6 is 0 Å². The summed E-state index contributed by atoms with van der Waals surface area (Å²) in [6.07, 6.45) is 5.75. The minimum absolute atomic E-state index is 0.698. The number of rotatable bonds is 1. The van der Waals surface area contributed by atoms with Gasteiger partial charge in [-0.1, -0.05) is 0 Å². The van der Waals surface area contributed by atoms with Gasteiger partial charge in [0.1, 0.15) is 0 Å². The molecule has 0 amide bonds. The lowest BCUT2D eigenvalue weighted by molar-refractivity contribution is 0.242. The predicted molar refractivity (Wildman–Crippen MR) is 55.9 cm³/mol. The van der Waals surface area contributed by atoms with Crippen LogP contribution in [-0.4, -0.2) is 50.1 Å². The highest BCUT2D eigenvalue weighted by Crippen LogP contribution is 2.45. The van der Waals surface area contributed by atoms with Crippen molar-refractivity contribution in [1.82, 2.24) is 9.80 Å². The third kappa shape index (κ3) is 1.75. The fraction of sp³-hybridized carbons (Fsp3) is 1.00. The fourth-order valence-corrected chi connectivity index (χ4v) is 3.15. The Morgan fingerprint density at radius 3 is 2.54 bits per heavy atom. The van der Waals surface area contributed by atoms with Crippen molar-refractivity contribution in [3.05, 3.63) is 0 Å². The van der Waals surface area contributed by atoms with Crippen LogP contribution in [0.15, 0.2) is 0 Å². The van der Waals surface area contributed by atoms with Crippen molar-refractivity contribution in [3.8, 4) is 0 Å². The van der Waals surface area contributed by atoms with Gasteiger partial charge in [0.15, 0.2) is 0 Å². The molecule has 1 spiro atoms. The number of nitrogens with zero attached hydrogens (tertiary/aromatic N) is 2. The van der Waals surface area contributed by atoms with Gasteiger partial charge >= 0.3 is 0 Å². The Hall–Kier alpha value is -0.0800. The van der Waals surface area contributed by atoms with E-state index in [4.69, 9.17) is 0 Å². The van der Waals surface area contributed by atoms with E-state index in [1.807, 2.05) is 0 Å². The summed E-state index contributed by atoms with van der Waals surface area (Å²) in [7, 11) is 6.71. The molecule has 1 aliphatic heterocycles. The summed E-state index contributed by atoms with van der Waals surface area (Å²) >= 11 is 0. The minimum atomic E-state index is 0.698. The normalized spacial score (nSPS) is 41.1. The molecular formula is C11H22N2. The lowest BCUT2D eigenvalue weighted by Crippen LogP contribution is -2.28. The van der Waals surface area contributed by atoms with Crippen LogP contribution in [-0.2, 0) is 0 Å². The summed E-state index contributed by atoms with van der Waals surface area (Å²) in [5, 5.41) is 0. The Bertz CT molecular complexity index is 191. The van der Waals surface area contributed by atoms with Gasteiger partial charge in [0.05, 0.1) is 0 Å². The van der Waals surface area contributed by atoms with Crippen LogP contribution in [0.4, 0.5) is 0 Å². The maximum absolute atomic E-state index is 2.50. The van der Waals surface area contributed by atoms with Crippen molar-refractivity contribution < 1.29 is 0 Å². The van der Waals surface area contributed by atoms with Crippen LogP contribution in [0.25, 0.3) is 0 Å². The molecule has 0 aromatic carbocycles. The zero-order valence-electron chi connectivity index (χ0n) is 9.21. The predicted octanol–water partition coefficient (Wildman–Crippen LogP) is 1.42. The lowest BCUT2D eigenvalue weighted by atomic mass is 9.85. The summed E-state index contributed by atoms with van der Waals surface area (Å²) in [5.74, 6) is 0. The molecule has 2 unspecified atom stereocenters. The molecule has 1 aliphatic carbocycles. The van der Waals surface area contributed by atoms with Crippen molar-refractivity contribution >= 4 is 0 Å². The van der Waals surface area contributed by atoms with Crippen LogP contribution in [0, 0.1) is 5.41 Å². The molecular weight excluding hydrogens is 160 g/mol. The topological polar surface area (TPSA) is 6.48 Å². The number of likely N-dealkylation sites (tertiary alicyclic amines) is 1. The van der Waals surface area contributed by atoms with Gasteiger partial charge in [0.25, 0.3) is 0 Å². The molecule has 0 bridgehead atoms. The Kier molecular flexibility index (Phi) is 2.37. The van der Waals surface area contributed by atoms with Gasteiger partial charge in [-0.15, -0.1) is 0 Å². The monoisotopic (exact) mass is 182 g/mol. The van der Waals surface area contributed by atoms with E-state index in [0.717, 1.165) is 6.04 Å². The highest BCUT2D eigenvalue weighted by atomic mass is 15.1. The molecule has 2 rings (SSSR count). The summed E-state index contributed by atoms with van der Waals surface area (Å²) in [4.78, 5) is 4.91. The van der Waals surface area contributed by atoms with E-state index in [9.17, 15) is 0 Å². The Balaban J connectivity index is 1.97. The molecule has 13 heavy (non-hydrogen) atoms. The second-order valence-electron chi connectivity index (χ2n) is 5.35. The van der Waals surface area contributed by atoms with Gasteiger partial charge in [0.2, 0.25) is 0 Å². The van der Waals surface area contributed by atoms with E-state index in [2.05, 4.69) is 30.9 Å². The number of hydrogen-bond donors (Lipinski definition) is 0. The second-order valence-corrected chi connectivity index (χ2v) is 5.35. The molecule has 1 saturated carbocycles. The molecule has 2 aliphatic rings. The largest absolute Gasteiger partial charge is 0.306 e. The van der Waals surface area contributed by atoms with Crippen molar-refractivity contribution in [3.63, 3.8) is 0 Å². The Labute approximate surface area is 81.9 Å². The fourth-order valence-electron chi connectivity index (χ4n) is 3.15. The van der Waals surface area contributed by atoms with E-state index in [1.165, 1.54) is 38.8 Å². The van der Waals surface area contributed by atoms with Crippen molar-refractivity contribution in [2.24, 2.45) is 5.41 Å². The average molecular weight is 182 g/mol. The van der Waals surface area contributed by atoms with Crippen LogP contribution in [0.5, 0.6) is 0 Å². The first-order valence-corrected chi connectivity index (χ1v) is 5.46. The van der Waals surface area contributed by atoms with Gasteiger partial charge in [0, 0.05) is 12.6 Å². The molecule has 76 valence electrons. The molecule has 2 atom stereocenters. The molecule has 0 aromatic heterocycles. The van der Waals surface area contributed by atoms with Crippen molar-refractivity contribution in [2.75, 3.05) is 34.2 Å². The van der Waals surface area contributed by atoms with Crippen LogP contribution in [0.1, 0.15) is 25.7 Å². The summed E-state index contributed by atoms with van der Waals surface area (Å²) < 4.78 is 0. The van der Waals surface area contributed by atoms with Gasteiger partial charge < -0.3 is 9.80 Å². The van der Waals surface area contributed by atoms with E-state index in [-0.39, 0.29) is 0 Å². The van der Waals surface area contributed by atoms with Gasteiger partial charge in [-0.3, -0.25) is 0 Å². The molecule has 1 heterocycles. The molecule has 2 nitrogen and oxygen atoms in total. The smallest absolute Gasteiger partial charge is 0.00951 e. The maximum atomic E-state index is 2.50. The quantitative estimate of drug-likeness (QED) is 0.605. The highest BCUT2D eigenvalue weighted by Gasteiger charge is 2.43. The average Bonchev–Trinajstić information content (AvgIpc) is 2.61. The number of hydrogen-bond acceptors (Lipinski definition) is 2. The SMILES string of the molecule is CN1CCC2(CCC(N(C)C)C2)C1. The molecule has 0 radical (unpaired) electrons. The third-order valence-electron chi connectivity index (χ3n) is 4.04. The van der Waals surface area contributed by atoms with Crippen LogP contribution in [0.3, 0.4) is 0 Å². The summed E-state index contributed by atoms with van der Waals surface area (Å²) in [6.45, 7) is 2.66. The third-order valence-corrected chi connectivity index (χ3v) is 4.04. The molecule has 1 saturated heterocycles. The van der Waals surface area contributed by atoms with E-state index < -0.39 is 0 Å². The van der Waals surface area contributed by atoms with Crippen LogP contribution < -0.4 is 0 Å². The first-order valence-electron chi connectivity index (χ1n) is 5.46. The van der Waals surface area contributed by atoms with E-state index >= 15 is 0 Å². The first kappa shape index (κ1) is 9.47. The van der Waals surface area contributed by atoms with Crippen molar-refractivity contribution in [1.29, 1.82) is 0 Å². The van der Waals surface area contributed by atoms with Crippen molar-refractivity contribution in [2.45, 2.75) is 31.7 Å². The highest BCUT2D eigenvalue weighted by molar-refractivity contribution is 4.97. The van der Waals surface area contributed by atoms with E-state index in [0.29, 0.717) is 5.41 Å². The Morgan fingerprint density at radius 1 is 1.31 bits per heavy atom. The van der Waals surface area contributed by atoms with Gasteiger partial charge in [-0.05, 0) is 58.8 Å². The second kappa shape index (κ2) is 3.25. The van der Waals surface area contributed by atoms with Crippen LogP contribution in [0.2, 0.25) is 0 Å². The Morgan fingerprint density at radius 2 is 2.08 bits per heavy atom. The minimum Gasteiger partial charge on any atom is -0.306 e. The maximum Gasteiger partial charge on any atom is 0.00951 e. The zero-order valence-corrected chi connectivity index (χ0v) is 9.21. The summed E-state index contributed by atoms with van der Waals surface area (Å²) in [5.41, 5.74) is 0.698. The molecule has 0 N–H and O–H groups in total. The lowest BCUT2D eigenvalue weighted by Gasteiger charge is -2.25. The molecule has 2 heteroatoms. The van der Waals surface area contributed by atoms with E-state index in [1.54, 1.807) is 0 Å². The summed E-state index contributed by atoms with van der Waals surface area (Å²) in [6, 6.07) is 0.853. The molecule has 2 fully saturated rings.